The molecule has 0 radical (unpaired) electrons. The van der Waals surface area contributed by atoms with Crippen LogP contribution >= 0.6 is 11.3 Å². The lowest BCUT2D eigenvalue weighted by atomic mass is 10.2. The summed E-state index contributed by atoms with van der Waals surface area (Å²) in [5.41, 5.74) is 0.575. The summed E-state index contributed by atoms with van der Waals surface area (Å²) in [5.74, 6) is -0.684. The predicted molar refractivity (Wildman–Crippen MR) is 72.8 cm³/mol. The molecular formula is C12H9N3O4S. The van der Waals surface area contributed by atoms with Gasteiger partial charge >= 0.3 is 5.97 Å². The van der Waals surface area contributed by atoms with Crippen molar-refractivity contribution < 1.29 is 14.6 Å². The molecule has 0 N–H and O–H groups in total. The number of aromatic nitrogens is 1. The van der Waals surface area contributed by atoms with Crippen molar-refractivity contribution in [1.82, 2.24) is 4.98 Å². The van der Waals surface area contributed by atoms with Gasteiger partial charge in [0, 0.05) is 23.7 Å². The first-order valence-corrected chi connectivity index (χ1v) is 6.36. The Labute approximate surface area is 117 Å². The summed E-state index contributed by atoms with van der Waals surface area (Å²) in [4.78, 5) is 30.4. The molecule has 0 saturated heterocycles. The molecule has 7 nitrogen and oxygen atoms in total. The maximum Gasteiger partial charge on any atom is 0.365 e. The van der Waals surface area contributed by atoms with Crippen molar-refractivity contribution in [2.75, 3.05) is 0 Å². The van der Waals surface area contributed by atoms with E-state index in [2.05, 4.69) is 10.1 Å². The number of nitro benzene ring substituents is 1. The molecule has 0 aliphatic heterocycles. The lowest BCUT2D eigenvalue weighted by Gasteiger charge is -1.99. The van der Waals surface area contributed by atoms with E-state index in [9.17, 15) is 14.9 Å². The summed E-state index contributed by atoms with van der Waals surface area (Å²) < 4.78 is 0. The summed E-state index contributed by atoms with van der Waals surface area (Å²) in [6.45, 7) is 1.67. The molecule has 1 aromatic carbocycles. The minimum atomic E-state index is -0.684. The van der Waals surface area contributed by atoms with Crippen LogP contribution in [0.25, 0.3) is 0 Å². The minimum Gasteiger partial charge on any atom is -0.312 e. The Bertz CT molecular complexity index is 650. The van der Waals surface area contributed by atoms with Crippen molar-refractivity contribution in [3.8, 4) is 0 Å². The highest BCUT2D eigenvalue weighted by molar-refractivity contribution is 7.11. The lowest BCUT2D eigenvalue weighted by molar-refractivity contribution is -0.384. The Morgan fingerprint density at radius 1 is 1.40 bits per heavy atom. The second-order valence-electron chi connectivity index (χ2n) is 3.70. The third-order valence-electron chi connectivity index (χ3n) is 2.32. The number of hydrogen-bond acceptors (Lipinski definition) is 7. The fourth-order valence-corrected chi connectivity index (χ4v) is 1.90. The number of non-ortho nitro benzene ring substituents is 1. The van der Waals surface area contributed by atoms with Crippen molar-refractivity contribution in [3.05, 3.63) is 56.5 Å². The molecular weight excluding hydrogens is 282 g/mol. The highest BCUT2D eigenvalue weighted by Crippen LogP contribution is 2.13. The van der Waals surface area contributed by atoms with E-state index in [0.29, 0.717) is 10.7 Å². The molecule has 1 aromatic heterocycles. The van der Waals surface area contributed by atoms with Gasteiger partial charge in [-0.1, -0.05) is 5.16 Å². The molecule has 20 heavy (non-hydrogen) atoms. The third kappa shape index (κ3) is 3.23. The van der Waals surface area contributed by atoms with Crippen LogP contribution in [0.15, 0.2) is 41.0 Å². The number of nitrogens with zero attached hydrogens (tertiary/aromatic N) is 3. The number of carbonyl (C=O) groups excluding carboxylic acids is 1. The van der Waals surface area contributed by atoms with Gasteiger partial charge in [-0.25, -0.2) is 9.78 Å². The molecule has 1 heterocycles. The first-order chi connectivity index (χ1) is 9.58. The predicted octanol–water partition coefficient (Wildman–Crippen LogP) is 2.63. The molecule has 0 amide bonds. The summed E-state index contributed by atoms with van der Waals surface area (Å²) in [7, 11) is 0. The molecule has 0 bridgehead atoms. The monoisotopic (exact) mass is 291 g/mol. The van der Waals surface area contributed by atoms with Crippen LogP contribution in [0.4, 0.5) is 5.69 Å². The zero-order valence-electron chi connectivity index (χ0n) is 10.3. The van der Waals surface area contributed by atoms with Crippen LogP contribution in [-0.2, 0) is 4.84 Å². The van der Waals surface area contributed by atoms with Gasteiger partial charge in [-0.05, 0) is 19.1 Å². The number of rotatable bonds is 4. The van der Waals surface area contributed by atoms with Crippen molar-refractivity contribution in [1.29, 1.82) is 0 Å². The third-order valence-corrected chi connectivity index (χ3v) is 3.20. The smallest absolute Gasteiger partial charge is 0.312 e. The van der Waals surface area contributed by atoms with Crippen LogP contribution in [0, 0.1) is 10.1 Å². The van der Waals surface area contributed by atoms with Gasteiger partial charge in [-0.3, -0.25) is 10.1 Å². The minimum absolute atomic E-state index is 0.0935. The molecule has 0 unspecified atom stereocenters. The number of carbonyl (C=O) groups is 1. The van der Waals surface area contributed by atoms with E-state index in [1.54, 1.807) is 18.5 Å². The topological polar surface area (TPSA) is 94.7 Å². The van der Waals surface area contributed by atoms with Crippen molar-refractivity contribution >= 4 is 28.7 Å². The van der Waals surface area contributed by atoms with E-state index >= 15 is 0 Å². The average Bonchev–Trinajstić information content (AvgIpc) is 2.98. The van der Waals surface area contributed by atoms with Gasteiger partial charge in [0.15, 0.2) is 0 Å². The zero-order valence-corrected chi connectivity index (χ0v) is 11.2. The largest absolute Gasteiger partial charge is 0.365 e. The second kappa shape index (κ2) is 6.02. The van der Waals surface area contributed by atoms with E-state index in [1.807, 2.05) is 0 Å². The summed E-state index contributed by atoms with van der Waals surface area (Å²) in [5, 5.41) is 16.6. The van der Waals surface area contributed by atoms with Crippen LogP contribution in [0.2, 0.25) is 0 Å². The van der Waals surface area contributed by atoms with Gasteiger partial charge in [0.2, 0.25) is 0 Å². The SMILES string of the molecule is C/C(=N\OC(=O)c1ccc([N+](=O)[O-])cc1)c1nccs1. The van der Waals surface area contributed by atoms with Gasteiger partial charge < -0.3 is 4.84 Å². The normalized spacial score (nSPS) is 11.2. The summed E-state index contributed by atoms with van der Waals surface area (Å²) in [6, 6.07) is 5.09. The first-order valence-electron chi connectivity index (χ1n) is 5.48. The molecule has 0 aliphatic carbocycles. The molecule has 0 fully saturated rings. The number of nitro groups is 1. The van der Waals surface area contributed by atoms with Crippen molar-refractivity contribution in [2.24, 2.45) is 5.16 Å². The fourth-order valence-electron chi connectivity index (χ4n) is 1.32. The van der Waals surface area contributed by atoms with E-state index < -0.39 is 10.9 Å². The molecule has 0 atom stereocenters. The molecule has 102 valence electrons. The fraction of sp³-hybridized carbons (Fsp3) is 0.0833. The van der Waals surface area contributed by atoms with Crippen LogP contribution in [0.5, 0.6) is 0 Å². The highest BCUT2D eigenvalue weighted by Gasteiger charge is 2.11. The van der Waals surface area contributed by atoms with E-state index in [-0.39, 0.29) is 11.3 Å². The van der Waals surface area contributed by atoms with Gasteiger partial charge in [-0.15, -0.1) is 11.3 Å². The molecule has 2 aromatic rings. The standard InChI is InChI=1S/C12H9N3O4S/c1-8(11-13-6-7-20-11)14-19-12(16)9-2-4-10(5-3-9)15(17)18/h2-7H,1H3/b14-8+. The Morgan fingerprint density at radius 3 is 2.65 bits per heavy atom. The van der Waals surface area contributed by atoms with Crippen LogP contribution in [0.3, 0.4) is 0 Å². The van der Waals surface area contributed by atoms with Gasteiger partial charge in [0.1, 0.15) is 10.7 Å². The Kier molecular flexibility index (Phi) is 4.16. The van der Waals surface area contributed by atoms with Crippen molar-refractivity contribution in [2.45, 2.75) is 6.92 Å². The van der Waals surface area contributed by atoms with Gasteiger partial charge in [-0.2, -0.15) is 0 Å². The van der Waals surface area contributed by atoms with E-state index in [4.69, 9.17) is 4.84 Å². The van der Waals surface area contributed by atoms with Crippen LogP contribution < -0.4 is 0 Å². The molecule has 0 aliphatic rings. The maximum absolute atomic E-state index is 11.7. The molecule has 0 spiro atoms. The Balaban J connectivity index is 2.05. The number of thiazole rings is 1. The second-order valence-corrected chi connectivity index (χ2v) is 4.59. The van der Waals surface area contributed by atoms with Crippen molar-refractivity contribution in [3.63, 3.8) is 0 Å². The average molecular weight is 291 g/mol. The van der Waals surface area contributed by atoms with E-state index in [1.165, 1.54) is 35.6 Å². The molecule has 8 heteroatoms. The van der Waals surface area contributed by atoms with Gasteiger partial charge in [0.05, 0.1) is 10.5 Å². The zero-order chi connectivity index (χ0) is 14.5. The highest BCUT2D eigenvalue weighted by atomic mass is 32.1. The number of benzene rings is 1. The first kappa shape index (κ1) is 13.8. The lowest BCUT2D eigenvalue weighted by Crippen LogP contribution is -2.04. The van der Waals surface area contributed by atoms with Crippen LogP contribution in [0.1, 0.15) is 22.3 Å². The number of oxime groups is 1. The Morgan fingerprint density at radius 2 is 2.10 bits per heavy atom. The van der Waals surface area contributed by atoms with Gasteiger partial charge in [0.25, 0.3) is 5.69 Å². The Hall–Kier alpha value is -2.61. The van der Waals surface area contributed by atoms with Crippen LogP contribution in [-0.4, -0.2) is 21.6 Å². The quantitative estimate of drug-likeness (QED) is 0.373. The van der Waals surface area contributed by atoms with E-state index in [0.717, 1.165) is 0 Å². The molecule has 2 rings (SSSR count). The maximum atomic E-state index is 11.7. The molecule has 0 saturated carbocycles. The summed E-state index contributed by atoms with van der Waals surface area (Å²) in [6.07, 6.45) is 1.62. The number of hydrogen-bond donors (Lipinski definition) is 0. The summed E-state index contributed by atoms with van der Waals surface area (Å²) >= 11 is 1.38.